The van der Waals surface area contributed by atoms with Gasteiger partial charge in [0.25, 0.3) is 5.91 Å². The molecule has 0 aromatic heterocycles. The van der Waals surface area contributed by atoms with Crippen molar-refractivity contribution in [3.8, 4) is 0 Å². The number of carbonyl (C=O) groups is 5. The number of nitrogens with one attached hydrogen (secondary N) is 3. The van der Waals surface area contributed by atoms with E-state index in [1.54, 1.807) is 24.3 Å². The van der Waals surface area contributed by atoms with Crippen molar-refractivity contribution in [1.29, 1.82) is 0 Å². The van der Waals surface area contributed by atoms with Crippen molar-refractivity contribution in [1.82, 2.24) is 15.5 Å². The molecular formula is C24H28N4O7. The first-order valence-electron chi connectivity index (χ1n) is 11.6. The fourth-order valence-corrected chi connectivity index (χ4v) is 4.69. The molecule has 11 heteroatoms. The van der Waals surface area contributed by atoms with E-state index in [0.29, 0.717) is 30.5 Å². The zero-order chi connectivity index (χ0) is 25.1. The Morgan fingerprint density at radius 3 is 2.40 bits per heavy atom. The topological polar surface area (TPSA) is 154 Å². The molecule has 0 bridgehead atoms. The van der Waals surface area contributed by atoms with Crippen LogP contribution in [-0.2, 0) is 23.9 Å². The van der Waals surface area contributed by atoms with Crippen LogP contribution in [0.3, 0.4) is 0 Å². The SMILES string of the molecule is CC(=O)Nc1ccc(C(=O)N[C@H]2CC=CC[C@@H]3CC[C@@H](C(=O)NC4CC(=O)OC4O)N3C2=O)cc1. The lowest BCUT2D eigenvalue weighted by atomic mass is 10.0. The smallest absolute Gasteiger partial charge is 0.310 e. The summed E-state index contributed by atoms with van der Waals surface area (Å²) in [6.45, 7) is 1.39. The molecule has 4 rings (SSSR count). The third kappa shape index (κ3) is 5.51. The number of nitrogens with zero attached hydrogens (tertiary/aromatic N) is 1. The standard InChI is InChI=1S/C24H28N4O7/c1-13(29)25-15-8-6-14(7-9-15)21(31)26-17-5-3-2-4-16-10-11-19(28(16)23(17)33)22(32)27-18-12-20(30)35-24(18)34/h2-3,6-9,16-19,24,34H,4-5,10-12H2,1H3,(H,25,29)(H,26,31)(H,27,32)/t16-,17+,18?,19+,24?/m1/s1. The summed E-state index contributed by atoms with van der Waals surface area (Å²) in [4.78, 5) is 63.5. The molecule has 1 aromatic rings. The number of fused-ring (bicyclic) bond motifs is 1. The highest BCUT2D eigenvalue weighted by atomic mass is 16.6. The highest BCUT2D eigenvalue weighted by Crippen LogP contribution is 2.30. The van der Waals surface area contributed by atoms with Gasteiger partial charge in [-0.25, -0.2) is 0 Å². The van der Waals surface area contributed by atoms with Gasteiger partial charge in [0.15, 0.2) is 0 Å². The van der Waals surface area contributed by atoms with Crippen LogP contribution in [0, 0.1) is 0 Å². The molecule has 3 aliphatic heterocycles. The lowest BCUT2D eigenvalue weighted by molar-refractivity contribution is -0.155. The largest absolute Gasteiger partial charge is 0.434 e. The maximum absolute atomic E-state index is 13.5. The number of ether oxygens (including phenoxy) is 1. The normalized spacial score (nSPS) is 27.9. The molecule has 2 saturated heterocycles. The summed E-state index contributed by atoms with van der Waals surface area (Å²) in [5.41, 5.74) is 0.873. The first-order chi connectivity index (χ1) is 16.7. The maximum atomic E-state index is 13.5. The van der Waals surface area contributed by atoms with Gasteiger partial charge in [-0.15, -0.1) is 0 Å². The predicted octanol–water partition coefficient (Wildman–Crippen LogP) is 0.203. The number of amides is 4. The number of anilines is 1. The van der Waals surface area contributed by atoms with E-state index < -0.39 is 42.2 Å². The number of carbonyl (C=O) groups excluding carboxylic acids is 5. The maximum Gasteiger partial charge on any atom is 0.310 e. The molecule has 2 unspecified atom stereocenters. The van der Waals surface area contributed by atoms with Crippen molar-refractivity contribution >= 4 is 35.3 Å². The van der Waals surface area contributed by atoms with E-state index in [2.05, 4.69) is 20.7 Å². The van der Waals surface area contributed by atoms with Crippen molar-refractivity contribution in [2.75, 3.05) is 5.32 Å². The monoisotopic (exact) mass is 484 g/mol. The number of benzene rings is 1. The molecule has 0 saturated carbocycles. The first-order valence-corrected chi connectivity index (χ1v) is 11.6. The minimum absolute atomic E-state index is 0.140. The van der Waals surface area contributed by atoms with Gasteiger partial charge >= 0.3 is 5.97 Å². The van der Waals surface area contributed by atoms with Gasteiger partial charge in [0, 0.05) is 24.2 Å². The number of esters is 1. The second-order valence-electron chi connectivity index (χ2n) is 8.92. The average Bonchev–Trinajstić information content (AvgIpc) is 3.36. The van der Waals surface area contributed by atoms with Crippen LogP contribution in [0.25, 0.3) is 0 Å². The van der Waals surface area contributed by atoms with Crippen LogP contribution in [0.5, 0.6) is 0 Å². The number of aliphatic hydroxyl groups is 1. The first kappa shape index (κ1) is 24.4. The van der Waals surface area contributed by atoms with Crippen LogP contribution < -0.4 is 16.0 Å². The number of aliphatic hydroxyl groups excluding tert-OH is 1. The van der Waals surface area contributed by atoms with Crippen LogP contribution in [0.4, 0.5) is 5.69 Å². The Balaban J connectivity index is 1.46. The van der Waals surface area contributed by atoms with Crippen molar-refractivity contribution in [2.45, 2.75) is 69.5 Å². The number of hydrogen-bond donors (Lipinski definition) is 4. The predicted molar refractivity (Wildman–Crippen MR) is 123 cm³/mol. The summed E-state index contributed by atoms with van der Waals surface area (Å²) < 4.78 is 4.67. The number of rotatable bonds is 5. The Morgan fingerprint density at radius 1 is 1.03 bits per heavy atom. The van der Waals surface area contributed by atoms with E-state index in [1.807, 2.05) is 12.2 Å². The summed E-state index contributed by atoms with van der Waals surface area (Å²) in [5, 5.41) is 17.8. The van der Waals surface area contributed by atoms with Crippen molar-refractivity contribution < 1.29 is 33.8 Å². The Kier molecular flexibility index (Phi) is 7.15. The molecule has 2 fully saturated rings. The number of cyclic esters (lactones) is 1. The van der Waals surface area contributed by atoms with Crippen molar-refractivity contribution in [3.63, 3.8) is 0 Å². The van der Waals surface area contributed by atoms with Crippen LogP contribution in [-0.4, -0.2) is 70.1 Å². The van der Waals surface area contributed by atoms with Gasteiger partial charge in [-0.3, -0.25) is 24.0 Å². The quantitative estimate of drug-likeness (QED) is 0.344. The molecule has 0 spiro atoms. The Labute approximate surface area is 201 Å². The Hall–Kier alpha value is -3.73. The van der Waals surface area contributed by atoms with Crippen molar-refractivity contribution in [2.24, 2.45) is 0 Å². The molecule has 3 heterocycles. The molecule has 5 atom stereocenters. The summed E-state index contributed by atoms with van der Waals surface area (Å²) in [6.07, 6.45) is 4.15. The molecule has 11 nitrogen and oxygen atoms in total. The summed E-state index contributed by atoms with van der Waals surface area (Å²) in [7, 11) is 0. The third-order valence-corrected chi connectivity index (χ3v) is 6.39. The minimum Gasteiger partial charge on any atom is -0.434 e. The summed E-state index contributed by atoms with van der Waals surface area (Å²) in [5.74, 6) is -2.11. The Bertz CT molecular complexity index is 1050. The number of hydrogen-bond acceptors (Lipinski definition) is 7. The van der Waals surface area contributed by atoms with Gasteiger partial charge in [-0.1, -0.05) is 12.2 Å². The zero-order valence-corrected chi connectivity index (χ0v) is 19.2. The minimum atomic E-state index is -1.42. The third-order valence-electron chi connectivity index (χ3n) is 6.39. The highest BCUT2D eigenvalue weighted by molar-refractivity contribution is 5.99. The summed E-state index contributed by atoms with van der Waals surface area (Å²) >= 11 is 0. The fourth-order valence-electron chi connectivity index (χ4n) is 4.69. The second-order valence-corrected chi connectivity index (χ2v) is 8.92. The lowest BCUT2D eigenvalue weighted by Crippen LogP contribution is -2.57. The lowest BCUT2D eigenvalue weighted by Gasteiger charge is -2.34. The molecule has 0 radical (unpaired) electrons. The van der Waals surface area contributed by atoms with E-state index in [9.17, 15) is 29.1 Å². The van der Waals surface area contributed by atoms with Gasteiger partial charge in [0.05, 0.1) is 6.42 Å². The molecule has 35 heavy (non-hydrogen) atoms. The van der Waals surface area contributed by atoms with E-state index >= 15 is 0 Å². The Morgan fingerprint density at radius 2 is 1.74 bits per heavy atom. The van der Waals surface area contributed by atoms with E-state index in [0.717, 1.165) is 0 Å². The van der Waals surface area contributed by atoms with Crippen LogP contribution in [0.15, 0.2) is 36.4 Å². The van der Waals surface area contributed by atoms with Crippen LogP contribution >= 0.6 is 0 Å². The molecule has 4 N–H and O–H groups in total. The van der Waals surface area contributed by atoms with E-state index in [4.69, 9.17) is 0 Å². The van der Waals surface area contributed by atoms with Gasteiger partial charge in [-0.2, -0.15) is 0 Å². The molecule has 0 aliphatic carbocycles. The van der Waals surface area contributed by atoms with Crippen LogP contribution in [0.2, 0.25) is 0 Å². The van der Waals surface area contributed by atoms with Crippen molar-refractivity contribution in [3.05, 3.63) is 42.0 Å². The molecule has 4 amide bonds. The van der Waals surface area contributed by atoms with Gasteiger partial charge in [0.1, 0.15) is 18.1 Å². The van der Waals surface area contributed by atoms with Crippen LogP contribution in [0.1, 0.15) is 49.4 Å². The summed E-state index contributed by atoms with van der Waals surface area (Å²) in [6, 6.07) is 3.58. The van der Waals surface area contributed by atoms with Gasteiger partial charge in [0.2, 0.25) is 24.0 Å². The highest BCUT2D eigenvalue weighted by Gasteiger charge is 2.45. The second kappa shape index (κ2) is 10.3. The molecular weight excluding hydrogens is 456 g/mol. The molecule has 1 aromatic carbocycles. The fraction of sp³-hybridized carbons (Fsp3) is 0.458. The van der Waals surface area contributed by atoms with E-state index in [1.165, 1.54) is 11.8 Å². The molecule has 3 aliphatic rings. The average molecular weight is 485 g/mol. The van der Waals surface area contributed by atoms with Gasteiger partial charge < -0.3 is 30.7 Å². The van der Waals surface area contributed by atoms with E-state index in [-0.39, 0.29) is 30.7 Å². The molecule has 186 valence electrons. The van der Waals surface area contributed by atoms with Gasteiger partial charge in [-0.05, 0) is 49.9 Å². The zero-order valence-electron chi connectivity index (χ0n) is 19.2.